The first-order valence-electron chi connectivity index (χ1n) is 4.64. The molecule has 0 bridgehead atoms. The van der Waals surface area contributed by atoms with Crippen LogP contribution in [0.2, 0.25) is 0 Å². The number of rotatable bonds is 3. The van der Waals surface area contributed by atoms with Gasteiger partial charge in [-0.25, -0.2) is 8.42 Å². The van der Waals surface area contributed by atoms with Crippen LogP contribution >= 0.6 is 0 Å². The maximum Gasteiger partial charge on any atom is 0.236 e. The number of amides is 1. The Hall–Kier alpha value is -0.620. The standard InChI is InChI=1S/C8H16N2O3S/c1-6(9)8(11)10-4-7-2-3-14(12,13)5-7/h6-7H,2-5,9H2,1H3,(H,10,11)/t6-,7+/m0/s1. The fourth-order valence-electron chi connectivity index (χ4n) is 1.44. The van der Waals surface area contributed by atoms with E-state index in [2.05, 4.69) is 5.32 Å². The highest BCUT2D eigenvalue weighted by molar-refractivity contribution is 7.91. The second-order valence-corrected chi connectivity index (χ2v) is 6.03. The Morgan fingerprint density at radius 2 is 2.29 bits per heavy atom. The summed E-state index contributed by atoms with van der Waals surface area (Å²) < 4.78 is 22.2. The maximum atomic E-state index is 11.1. The molecule has 0 aromatic heterocycles. The largest absolute Gasteiger partial charge is 0.354 e. The molecule has 0 unspecified atom stereocenters. The van der Waals surface area contributed by atoms with Gasteiger partial charge in [-0.2, -0.15) is 0 Å². The Bertz CT molecular complexity index is 311. The molecule has 0 aliphatic carbocycles. The molecule has 2 atom stereocenters. The topological polar surface area (TPSA) is 89.3 Å². The van der Waals surface area contributed by atoms with Crippen molar-refractivity contribution < 1.29 is 13.2 Å². The van der Waals surface area contributed by atoms with Gasteiger partial charge in [0.25, 0.3) is 0 Å². The summed E-state index contributed by atoms with van der Waals surface area (Å²) >= 11 is 0. The van der Waals surface area contributed by atoms with E-state index in [-0.39, 0.29) is 23.3 Å². The van der Waals surface area contributed by atoms with Gasteiger partial charge in [0, 0.05) is 6.54 Å². The van der Waals surface area contributed by atoms with E-state index in [0.29, 0.717) is 13.0 Å². The summed E-state index contributed by atoms with van der Waals surface area (Å²) in [5.74, 6) is 0.259. The van der Waals surface area contributed by atoms with Gasteiger partial charge >= 0.3 is 0 Å². The van der Waals surface area contributed by atoms with Crippen molar-refractivity contribution in [1.29, 1.82) is 0 Å². The molecule has 1 fully saturated rings. The summed E-state index contributed by atoms with van der Waals surface area (Å²) in [7, 11) is -2.85. The lowest BCUT2D eigenvalue weighted by Crippen LogP contribution is -2.40. The van der Waals surface area contributed by atoms with Crippen LogP contribution in [0.3, 0.4) is 0 Å². The second-order valence-electron chi connectivity index (χ2n) is 3.80. The molecular formula is C8H16N2O3S. The number of hydrogen-bond acceptors (Lipinski definition) is 4. The number of nitrogens with one attached hydrogen (secondary N) is 1. The van der Waals surface area contributed by atoms with Gasteiger partial charge in [0.1, 0.15) is 0 Å². The van der Waals surface area contributed by atoms with E-state index in [1.165, 1.54) is 0 Å². The van der Waals surface area contributed by atoms with Gasteiger partial charge < -0.3 is 11.1 Å². The molecule has 1 saturated heterocycles. The van der Waals surface area contributed by atoms with Crippen LogP contribution in [0.4, 0.5) is 0 Å². The Morgan fingerprint density at radius 1 is 1.64 bits per heavy atom. The molecule has 0 aromatic rings. The molecule has 3 N–H and O–H groups in total. The zero-order valence-electron chi connectivity index (χ0n) is 8.19. The van der Waals surface area contributed by atoms with Crippen LogP contribution in [0.15, 0.2) is 0 Å². The molecule has 1 aliphatic heterocycles. The lowest BCUT2D eigenvalue weighted by atomic mass is 10.1. The fraction of sp³-hybridized carbons (Fsp3) is 0.875. The third kappa shape index (κ3) is 3.26. The minimum atomic E-state index is -2.85. The summed E-state index contributed by atoms with van der Waals surface area (Å²) in [5, 5.41) is 2.63. The molecule has 14 heavy (non-hydrogen) atoms. The summed E-state index contributed by atoms with van der Waals surface area (Å²) in [6.45, 7) is 2.01. The van der Waals surface area contributed by atoms with Gasteiger partial charge in [-0.15, -0.1) is 0 Å². The van der Waals surface area contributed by atoms with Crippen molar-refractivity contribution in [2.45, 2.75) is 19.4 Å². The molecule has 0 spiro atoms. The Kier molecular flexibility index (Phi) is 3.49. The van der Waals surface area contributed by atoms with Gasteiger partial charge in [-0.05, 0) is 19.3 Å². The first kappa shape index (κ1) is 11.5. The minimum absolute atomic E-state index is 0.0581. The Morgan fingerprint density at radius 3 is 2.71 bits per heavy atom. The van der Waals surface area contributed by atoms with Crippen LogP contribution in [0.1, 0.15) is 13.3 Å². The van der Waals surface area contributed by atoms with Crippen LogP contribution in [-0.4, -0.2) is 38.4 Å². The lowest BCUT2D eigenvalue weighted by molar-refractivity contribution is -0.122. The minimum Gasteiger partial charge on any atom is -0.354 e. The van der Waals surface area contributed by atoms with Crippen LogP contribution in [0, 0.1) is 5.92 Å². The van der Waals surface area contributed by atoms with Crippen LogP contribution in [0.5, 0.6) is 0 Å². The highest BCUT2D eigenvalue weighted by Gasteiger charge is 2.27. The van der Waals surface area contributed by atoms with Crippen molar-refractivity contribution in [1.82, 2.24) is 5.32 Å². The first-order chi connectivity index (χ1) is 6.41. The van der Waals surface area contributed by atoms with E-state index in [1.54, 1.807) is 6.92 Å². The molecule has 1 amide bonds. The van der Waals surface area contributed by atoms with Crippen LogP contribution in [0.25, 0.3) is 0 Å². The smallest absolute Gasteiger partial charge is 0.236 e. The number of nitrogens with two attached hydrogens (primary N) is 1. The van der Waals surface area contributed by atoms with Crippen molar-refractivity contribution in [2.24, 2.45) is 11.7 Å². The van der Waals surface area contributed by atoms with Gasteiger partial charge in [0.2, 0.25) is 5.91 Å². The van der Waals surface area contributed by atoms with E-state index >= 15 is 0 Å². The lowest BCUT2D eigenvalue weighted by Gasteiger charge is -2.11. The molecule has 6 heteroatoms. The second kappa shape index (κ2) is 4.27. The monoisotopic (exact) mass is 220 g/mol. The first-order valence-corrected chi connectivity index (χ1v) is 6.46. The quantitative estimate of drug-likeness (QED) is 0.631. The summed E-state index contributed by atoms with van der Waals surface area (Å²) in [6.07, 6.45) is 0.640. The molecule has 1 rings (SSSR count). The molecular weight excluding hydrogens is 204 g/mol. The third-order valence-electron chi connectivity index (χ3n) is 2.31. The molecule has 5 nitrogen and oxygen atoms in total. The average molecular weight is 220 g/mol. The van der Waals surface area contributed by atoms with E-state index in [1.807, 2.05) is 0 Å². The molecule has 1 heterocycles. The van der Waals surface area contributed by atoms with Crippen molar-refractivity contribution in [3.8, 4) is 0 Å². The average Bonchev–Trinajstić information content (AvgIpc) is 2.41. The van der Waals surface area contributed by atoms with Crippen molar-refractivity contribution in [3.05, 3.63) is 0 Å². The Balaban J connectivity index is 2.31. The summed E-state index contributed by atoms with van der Waals surface area (Å²) in [5.41, 5.74) is 5.34. The molecule has 82 valence electrons. The molecule has 1 aliphatic rings. The van der Waals surface area contributed by atoms with E-state index in [4.69, 9.17) is 5.73 Å². The van der Waals surface area contributed by atoms with E-state index < -0.39 is 15.9 Å². The number of hydrogen-bond donors (Lipinski definition) is 2. The van der Waals surface area contributed by atoms with Crippen molar-refractivity contribution in [2.75, 3.05) is 18.1 Å². The predicted molar refractivity (Wildman–Crippen MR) is 53.4 cm³/mol. The predicted octanol–water partition coefficient (Wildman–Crippen LogP) is -1.12. The van der Waals surface area contributed by atoms with Gasteiger partial charge in [0.05, 0.1) is 17.5 Å². The molecule has 0 radical (unpaired) electrons. The zero-order chi connectivity index (χ0) is 10.8. The van der Waals surface area contributed by atoms with Crippen molar-refractivity contribution >= 4 is 15.7 Å². The highest BCUT2D eigenvalue weighted by atomic mass is 32.2. The molecule has 0 saturated carbocycles. The van der Waals surface area contributed by atoms with Crippen molar-refractivity contribution in [3.63, 3.8) is 0 Å². The third-order valence-corrected chi connectivity index (χ3v) is 4.14. The van der Waals surface area contributed by atoms with Crippen LogP contribution < -0.4 is 11.1 Å². The van der Waals surface area contributed by atoms with E-state index in [9.17, 15) is 13.2 Å². The van der Waals surface area contributed by atoms with Gasteiger partial charge in [-0.3, -0.25) is 4.79 Å². The highest BCUT2D eigenvalue weighted by Crippen LogP contribution is 2.17. The van der Waals surface area contributed by atoms with Gasteiger partial charge in [-0.1, -0.05) is 0 Å². The maximum absolute atomic E-state index is 11.1. The summed E-state index contributed by atoms with van der Waals surface area (Å²) in [4.78, 5) is 11.1. The SMILES string of the molecule is C[C@H](N)C(=O)NC[C@H]1CCS(=O)(=O)C1. The number of carbonyl (C=O) groups excluding carboxylic acids is 1. The normalized spacial score (nSPS) is 27.1. The summed E-state index contributed by atoms with van der Waals surface area (Å²) in [6, 6.07) is -0.534. The molecule has 0 aromatic carbocycles. The number of carbonyl (C=O) groups is 1. The van der Waals surface area contributed by atoms with Gasteiger partial charge in [0.15, 0.2) is 9.84 Å². The fourth-order valence-corrected chi connectivity index (χ4v) is 3.30. The number of sulfone groups is 1. The van der Waals surface area contributed by atoms with E-state index in [0.717, 1.165) is 0 Å². The zero-order valence-corrected chi connectivity index (χ0v) is 9.01. The Labute approximate surface area is 84.0 Å². The van der Waals surface area contributed by atoms with Crippen LogP contribution in [-0.2, 0) is 14.6 Å².